The van der Waals surface area contributed by atoms with Crippen LogP contribution in [-0.2, 0) is 0 Å². The van der Waals surface area contributed by atoms with Gasteiger partial charge < -0.3 is 5.73 Å². The maximum absolute atomic E-state index is 5.73. The van der Waals surface area contributed by atoms with Crippen molar-refractivity contribution in [2.45, 2.75) is 12.8 Å². The van der Waals surface area contributed by atoms with E-state index in [1.54, 1.807) is 0 Å². The molecule has 1 rings (SSSR count). The highest BCUT2D eigenvalue weighted by Crippen LogP contribution is 2.44. The lowest BCUT2D eigenvalue weighted by Crippen LogP contribution is -2.34. The van der Waals surface area contributed by atoms with Gasteiger partial charge in [0.25, 0.3) is 0 Å². The van der Waals surface area contributed by atoms with Crippen molar-refractivity contribution in [2.24, 2.45) is 11.1 Å². The Morgan fingerprint density at radius 1 is 1.23 bits per heavy atom. The molecular weight excluding hydrogens is 160 g/mol. The fraction of sp³-hybridized carbons (Fsp3) is 0.636. The number of hydrogen-bond donors (Lipinski definition) is 1. The Bertz CT molecular complexity index is 173. The monoisotopic (exact) mass is 180 g/mol. The topological polar surface area (TPSA) is 29.3 Å². The van der Waals surface area contributed by atoms with Crippen molar-refractivity contribution in [3.8, 4) is 0 Å². The summed E-state index contributed by atoms with van der Waals surface area (Å²) < 4.78 is 0. The highest BCUT2D eigenvalue weighted by atomic mass is 15.1. The number of nitrogens with two attached hydrogens (primary N) is 1. The lowest BCUT2D eigenvalue weighted by molar-refractivity contribution is 0.265. The lowest BCUT2D eigenvalue weighted by Gasteiger charge is -2.24. The average Bonchev–Trinajstić information content (AvgIpc) is 2.87. The van der Waals surface area contributed by atoms with Crippen molar-refractivity contribution >= 4 is 0 Å². The first-order valence-corrected chi connectivity index (χ1v) is 4.90. The quantitative estimate of drug-likeness (QED) is 0.600. The summed E-state index contributed by atoms with van der Waals surface area (Å²) >= 11 is 0. The summed E-state index contributed by atoms with van der Waals surface area (Å²) in [5.74, 6) is 0. The van der Waals surface area contributed by atoms with Crippen LogP contribution < -0.4 is 5.73 Å². The molecule has 1 aliphatic carbocycles. The van der Waals surface area contributed by atoms with Gasteiger partial charge in [-0.3, -0.25) is 4.90 Å². The zero-order valence-electron chi connectivity index (χ0n) is 8.34. The van der Waals surface area contributed by atoms with E-state index >= 15 is 0 Å². The molecule has 0 heterocycles. The van der Waals surface area contributed by atoms with E-state index in [2.05, 4.69) is 18.1 Å². The van der Waals surface area contributed by atoms with Gasteiger partial charge in [0.2, 0.25) is 0 Å². The fourth-order valence-corrected chi connectivity index (χ4v) is 1.65. The van der Waals surface area contributed by atoms with Crippen LogP contribution >= 0.6 is 0 Å². The minimum atomic E-state index is 0.423. The van der Waals surface area contributed by atoms with Gasteiger partial charge in [0.05, 0.1) is 0 Å². The predicted molar refractivity (Wildman–Crippen MR) is 57.6 cm³/mol. The van der Waals surface area contributed by atoms with Gasteiger partial charge in [-0.1, -0.05) is 12.2 Å². The van der Waals surface area contributed by atoms with E-state index in [-0.39, 0.29) is 0 Å². The van der Waals surface area contributed by atoms with Gasteiger partial charge in [0, 0.05) is 19.6 Å². The third-order valence-electron chi connectivity index (χ3n) is 2.72. The van der Waals surface area contributed by atoms with E-state index < -0.39 is 0 Å². The summed E-state index contributed by atoms with van der Waals surface area (Å²) in [5.41, 5.74) is 6.15. The molecule has 2 N–H and O–H groups in total. The second kappa shape index (κ2) is 4.58. The van der Waals surface area contributed by atoms with Crippen LogP contribution in [0.4, 0.5) is 0 Å². The highest BCUT2D eigenvalue weighted by Gasteiger charge is 2.41. The number of hydrogen-bond acceptors (Lipinski definition) is 2. The molecule has 0 bridgehead atoms. The Labute approximate surface area is 81.1 Å². The first-order valence-electron chi connectivity index (χ1n) is 4.90. The minimum absolute atomic E-state index is 0.423. The van der Waals surface area contributed by atoms with Crippen LogP contribution in [0.25, 0.3) is 0 Å². The van der Waals surface area contributed by atoms with Crippen molar-refractivity contribution in [3.05, 3.63) is 25.3 Å². The van der Waals surface area contributed by atoms with Crippen molar-refractivity contribution in [3.63, 3.8) is 0 Å². The van der Waals surface area contributed by atoms with Crippen LogP contribution in [0.2, 0.25) is 0 Å². The summed E-state index contributed by atoms with van der Waals surface area (Å²) in [6.07, 6.45) is 6.45. The van der Waals surface area contributed by atoms with Crippen molar-refractivity contribution in [2.75, 3.05) is 26.2 Å². The third-order valence-corrected chi connectivity index (χ3v) is 2.72. The normalized spacial score (nSPS) is 18.6. The van der Waals surface area contributed by atoms with E-state index in [4.69, 9.17) is 5.73 Å². The number of nitrogens with zero attached hydrogens (tertiary/aromatic N) is 1. The molecule has 1 aliphatic rings. The van der Waals surface area contributed by atoms with E-state index in [1.807, 2.05) is 12.2 Å². The molecule has 0 aromatic carbocycles. The van der Waals surface area contributed by atoms with Gasteiger partial charge in [-0.05, 0) is 24.8 Å². The molecule has 0 spiro atoms. The molecular formula is C11H20N2. The highest BCUT2D eigenvalue weighted by molar-refractivity contribution is 4.97. The first-order chi connectivity index (χ1) is 6.26. The van der Waals surface area contributed by atoms with Crippen molar-refractivity contribution in [1.82, 2.24) is 4.90 Å². The van der Waals surface area contributed by atoms with Gasteiger partial charge in [-0.15, -0.1) is 13.2 Å². The molecule has 1 saturated carbocycles. The largest absolute Gasteiger partial charge is 0.330 e. The van der Waals surface area contributed by atoms with Crippen LogP contribution in [-0.4, -0.2) is 31.1 Å². The molecule has 2 nitrogen and oxygen atoms in total. The maximum Gasteiger partial charge on any atom is 0.0164 e. The first kappa shape index (κ1) is 10.5. The van der Waals surface area contributed by atoms with Gasteiger partial charge in [0.15, 0.2) is 0 Å². The molecule has 0 aromatic rings. The van der Waals surface area contributed by atoms with Crippen LogP contribution in [0.1, 0.15) is 12.8 Å². The molecule has 0 aliphatic heterocycles. The Hall–Kier alpha value is -0.600. The van der Waals surface area contributed by atoms with Crippen molar-refractivity contribution < 1.29 is 0 Å². The predicted octanol–water partition coefficient (Wildman–Crippen LogP) is 1.40. The maximum atomic E-state index is 5.73. The zero-order valence-corrected chi connectivity index (χ0v) is 8.34. The summed E-state index contributed by atoms with van der Waals surface area (Å²) in [7, 11) is 0. The average molecular weight is 180 g/mol. The van der Waals surface area contributed by atoms with Crippen molar-refractivity contribution in [1.29, 1.82) is 0 Å². The van der Waals surface area contributed by atoms with E-state index in [0.717, 1.165) is 26.2 Å². The van der Waals surface area contributed by atoms with Crippen LogP contribution in [0, 0.1) is 5.41 Å². The summed E-state index contributed by atoms with van der Waals surface area (Å²) in [4.78, 5) is 2.35. The van der Waals surface area contributed by atoms with Gasteiger partial charge in [-0.25, -0.2) is 0 Å². The summed E-state index contributed by atoms with van der Waals surface area (Å²) in [6.45, 7) is 11.3. The second-order valence-corrected chi connectivity index (χ2v) is 3.98. The molecule has 74 valence electrons. The SMILES string of the molecule is C=CCN(CC=C)CC1(CN)CC1. The molecule has 2 heteroatoms. The Morgan fingerprint density at radius 2 is 1.77 bits per heavy atom. The van der Waals surface area contributed by atoms with E-state index in [9.17, 15) is 0 Å². The third kappa shape index (κ3) is 2.98. The Morgan fingerprint density at radius 3 is 2.08 bits per heavy atom. The molecule has 0 aromatic heterocycles. The molecule has 0 amide bonds. The molecule has 1 fully saturated rings. The fourth-order valence-electron chi connectivity index (χ4n) is 1.65. The van der Waals surface area contributed by atoms with Gasteiger partial charge in [-0.2, -0.15) is 0 Å². The van der Waals surface area contributed by atoms with E-state index in [0.29, 0.717) is 5.41 Å². The smallest absolute Gasteiger partial charge is 0.0164 e. The standard InChI is InChI=1S/C11H20N2/c1-3-7-13(8-4-2)10-11(9-12)5-6-11/h3-4H,1-2,5-10,12H2. The second-order valence-electron chi connectivity index (χ2n) is 3.98. The Kier molecular flexibility index (Phi) is 3.70. The molecule has 0 radical (unpaired) electrons. The van der Waals surface area contributed by atoms with E-state index in [1.165, 1.54) is 12.8 Å². The lowest BCUT2D eigenvalue weighted by atomic mass is 10.1. The Balaban J connectivity index is 2.36. The van der Waals surface area contributed by atoms with Crippen LogP contribution in [0.15, 0.2) is 25.3 Å². The van der Waals surface area contributed by atoms with Crippen LogP contribution in [0.5, 0.6) is 0 Å². The number of rotatable bonds is 7. The van der Waals surface area contributed by atoms with Gasteiger partial charge in [0.1, 0.15) is 0 Å². The molecule has 13 heavy (non-hydrogen) atoms. The van der Waals surface area contributed by atoms with Crippen LogP contribution in [0.3, 0.4) is 0 Å². The zero-order chi connectivity index (χ0) is 9.73. The summed E-state index contributed by atoms with van der Waals surface area (Å²) in [6, 6.07) is 0. The molecule has 0 saturated heterocycles. The summed E-state index contributed by atoms with van der Waals surface area (Å²) in [5, 5.41) is 0. The molecule has 0 unspecified atom stereocenters. The molecule has 0 atom stereocenters. The van der Waals surface area contributed by atoms with Gasteiger partial charge >= 0.3 is 0 Å². The minimum Gasteiger partial charge on any atom is -0.330 e.